The summed E-state index contributed by atoms with van der Waals surface area (Å²) in [6.07, 6.45) is 0.862. The Morgan fingerprint density at radius 1 is 1.37 bits per heavy atom. The first-order valence-corrected chi connectivity index (χ1v) is 8.01. The fourth-order valence-electron chi connectivity index (χ4n) is 1.68. The molecule has 2 aromatic rings. The van der Waals surface area contributed by atoms with Crippen molar-refractivity contribution < 1.29 is 0 Å². The maximum atomic E-state index is 6.05. The Hall–Kier alpha value is -0.400. The minimum absolute atomic E-state index is 0.671. The molecule has 0 saturated heterocycles. The van der Waals surface area contributed by atoms with Crippen LogP contribution in [0.3, 0.4) is 0 Å². The molecular formula is C13H12BrClIN3. The van der Waals surface area contributed by atoms with Crippen molar-refractivity contribution in [3.63, 3.8) is 0 Å². The van der Waals surface area contributed by atoms with Gasteiger partial charge < -0.3 is 5.32 Å². The summed E-state index contributed by atoms with van der Waals surface area (Å²) in [5.74, 6) is 1.52. The minimum atomic E-state index is 0.671. The molecule has 6 heteroatoms. The van der Waals surface area contributed by atoms with Crippen molar-refractivity contribution in [3.05, 3.63) is 37.0 Å². The topological polar surface area (TPSA) is 37.8 Å². The van der Waals surface area contributed by atoms with E-state index in [0.29, 0.717) is 10.8 Å². The van der Waals surface area contributed by atoms with Gasteiger partial charge >= 0.3 is 0 Å². The zero-order valence-electron chi connectivity index (χ0n) is 10.5. The van der Waals surface area contributed by atoms with Crippen LogP contribution in [0.25, 0.3) is 11.4 Å². The zero-order chi connectivity index (χ0) is 14.0. The SMILES string of the molecule is CCc1nc(-c2cc(Cl)ccc2Br)nc(NC)c1I. The average molecular weight is 453 g/mol. The summed E-state index contributed by atoms with van der Waals surface area (Å²) < 4.78 is 1.99. The van der Waals surface area contributed by atoms with Crippen molar-refractivity contribution in [2.75, 3.05) is 12.4 Å². The van der Waals surface area contributed by atoms with E-state index in [1.165, 1.54) is 0 Å². The van der Waals surface area contributed by atoms with Crippen LogP contribution >= 0.6 is 50.1 Å². The van der Waals surface area contributed by atoms with E-state index in [2.05, 4.69) is 60.7 Å². The van der Waals surface area contributed by atoms with Crippen LogP contribution in [0.4, 0.5) is 5.82 Å². The second kappa shape index (κ2) is 6.37. The predicted octanol–water partition coefficient (Wildman–Crippen LogP) is 4.77. The van der Waals surface area contributed by atoms with Crippen molar-refractivity contribution in [3.8, 4) is 11.4 Å². The number of nitrogens with zero attached hydrogens (tertiary/aromatic N) is 2. The Kier molecular flexibility index (Phi) is 5.03. The average Bonchev–Trinajstić information content (AvgIpc) is 2.42. The van der Waals surface area contributed by atoms with E-state index in [4.69, 9.17) is 11.6 Å². The number of benzene rings is 1. The van der Waals surface area contributed by atoms with Gasteiger partial charge in [-0.15, -0.1) is 0 Å². The van der Waals surface area contributed by atoms with Crippen molar-refractivity contribution in [1.82, 2.24) is 9.97 Å². The summed E-state index contributed by atoms with van der Waals surface area (Å²) in [5.41, 5.74) is 1.93. The van der Waals surface area contributed by atoms with Gasteiger partial charge in [0, 0.05) is 22.1 Å². The van der Waals surface area contributed by atoms with Gasteiger partial charge in [0.25, 0.3) is 0 Å². The lowest BCUT2D eigenvalue weighted by Crippen LogP contribution is -2.05. The molecule has 3 nitrogen and oxygen atoms in total. The van der Waals surface area contributed by atoms with Crippen LogP contribution in [-0.2, 0) is 6.42 Å². The molecule has 0 aliphatic rings. The number of hydrogen-bond donors (Lipinski definition) is 1. The molecule has 0 bridgehead atoms. The second-order valence-corrected chi connectivity index (χ2v) is 6.25. The second-order valence-electron chi connectivity index (χ2n) is 3.88. The fraction of sp³-hybridized carbons (Fsp3) is 0.231. The monoisotopic (exact) mass is 451 g/mol. The smallest absolute Gasteiger partial charge is 0.163 e. The van der Waals surface area contributed by atoms with Crippen LogP contribution in [0, 0.1) is 3.57 Å². The van der Waals surface area contributed by atoms with Crippen LogP contribution in [0.2, 0.25) is 5.02 Å². The molecule has 1 N–H and O–H groups in total. The summed E-state index contributed by atoms with van der Waals surface area (Å²) in [6, 6.07) is 5.61. The molecule has 100 valence electrons. The molecule has 1 aromatic carbocycles. The van der Waals surface area contributed by atoms with E-state index in [1.807, 2.05) is 25.2 Å². The zero-order valence-corrected chi connectivity index (χ0v) is 15.0. The van der Waals surface area contributed by atoms with Crippen molar-refractivity contribution in [2.45, 2.75) is 13.3 Å². The molecule has 0 saturated carbocycles. The molecule has 0 aliphatic heterocycles. The first-order valence-electron chi connectivity index (χ1n) is 5.76. The maximum absolute atomic E-state index is 6.05. The first kappa shape index (κ1) is 15.0. The Morgan fingerprint density at radius 2 is 2.11 bits per heavy atom. The van der Waals surface area contributed by atoms with Crippen LogP contribution in [0.15, 0.2) is 22.7 Å². The molecule has 19 heavy (non-hydrogen) atoms. The van der Waals surface area contributed by atoms with E-state index in [1.54, 1.807) is 0 Å². The van der Waals surface area contributed by atoms with Crippen molar-refractivity contribution >= 4 is 55.9 Å². The van der Waals surface area contributed by atoms with Crippen molar-refractivity contribution in [2.24, 2.45) is 0 Å². The third kappa shape index (κ3) is 3.20. The Labute approximate surface area is 139 Å². The van der Waals surface area contributed by atoms with Crippen LogP contribution in [0.1, 0.15) is 12.6 Å². The number of aryl methyl sites for hydroxylation is 1. The molecule has 0 fully saturated rings. The Bertz CT molecular complexity index is 594. The lowest BCUT2D eigenvalue weighted by molar-refractivity contribution is 0.989. The lowest BCUT2D eigenvalue weighted by atomic mass is 10.2. The van der Waals surface area contributed by atoms with Gasteiger partial charge in [-0.2, -0.15) is 0 Å². The summed E-state index contributed by atoms with van der Waals surface area (Å²) in [5, 5.41) is 3.78. The van der Waals surface area contributed by atoms with Gasteiger partial charge in [0.1, 0.15) is 5.82 Å². The summed E-state index contributed by atoms with van der Waals surface area (Å²) in [6.45, 7) is 2.08. The number of halogens is 3. The van der Waals surface area contributed by atoms with Gasteiger partial charge in [0.15, 0.2) is 5.82 Å². The molecule has 0 atom stereocenters. The molecule has 2 rings (SSSR count). The highest BCUT2D eigenvalue weighted by Crippen LogP contribution is 2.31. The van der Waals surface area contributed by atoms with Gasteiger partial charge in [-0.1, -0.05) is 34.5 Å². The van der Waals surface area contributed by atoms with Crippen molar-refractivity contribution in [1.29, 1.82) is 0 Å². The van der Waals surface area contributed by atoms with Gasteiger partial charge in [-0.25, -0.2) is 9.97 Å². The molecule has 0 spiro atoms. The maximum Gasteiger partial charge on any atom is 0.163 e. The Morgan fingerprint density at radius 3 is 2.74 bits per heavy atom. The number of rotatable bonds is 3. The highest BCUT2D eigenvalue weighted by atomic mass is 127. The number of aromatic nitrogens is 2. The highest BCUT2D eigenvalue weighted by Gasteiger charge is 2.13. The largest absolute Gasteiger partial charge is 0.372 e. The molecule has 1 heterocycles. The van der Waals surface area contributed by atoms with Crippen LogP contribution in [0.5, 0.6) is 0 Å². The molecule has 0 unspecified atom stereocenters. The quantitative estimate of drug-likeness (QED) is 0.682. The summed E-state index contributed by atoms with van der Waals surface area (Å²) in [7, 11) is 1.86. The molecule has 0 aliphatic carbocycles. The number of hydrogen-bond acceptors (Lipinski definition) is 3. The van der Waals surface area contributed by atoms with Gasteiger partial charge in [0.2, 0.25) is 0 Å². The first-order chi connectivity index (χ1) is 9.06. The lowest BCUT2D eigenvalue weighted by Gasteiger charge is -2.11. The molecule has 0 amide bonds. The minimum Gasteiger partial charge on any atom is -0.372 e. The van der Waals surface area contributed by atoms with Crippen LogP contribution in [-0.4, -0.2) is 17.0 Å². The molecular weight excluding hydrogens is 440 g/mol. The van der Waals surface area contributed by atoms with E-state index in [-0.39, 0.29) is 0 Å². The standard InChI is InChI=1S/C13H12BrClIN3/c1-3-10-11(16)13(17-2)19-12(18-10)8-6-7(15)4-5-9(8)14/h4-6H,3H2,1-2H3,(H,17,18,19). The van der Waals surface area contributed by atoms with Gasteiger partial charge in [0.05, 0.1) is 9.26 Å². The number of nitrogens with one attached hydrogen (secondary N) is 1. The predicted molar refractivity (Wildman–Crippen MR) is 91.8 cm³/mol. The van der Waals surface area contributed by atoms with E-state index >= 15 is 0 Å². The van der Waals surface area contributed by atoms with E-state index < -0.39 is 0 Å². The third-order valence-electron chi connectivity index (χ3n) is 2.66. The summed E-state index contributed by atoms with van der Waals surface area (Å²) >= 11 is 11.8. The van der Waals surface area contributed by atoms with E-state index in [0.717, 1.165) is 31.5 Å². The summed E-state index contributed by atoms with van der Waals surface area (Å²) in [4.78, 5) is 9.18. The normalized spacial score (nSPS) is 10.6. The highest BCUT2D eigenvalue weighted by molar-refractivity contribution is 14.1. The van der Waals surface area contributed by atoms with Crippen LogP contribution < -0.4 is 5.32 Å². The van der Waals surface area contributed by atoms with Gasteiger partial charge in [-0.3, -0.25) is 0 Å². The van der Waals surface area contributed by atoms with Gasteiger partial charge in [-0.05, 0) is 47.2 Å². The number of anilines is 1. The third-order valence-corrected chi connectivity index (χ3v) is 4.72. The fourth-order valence-corrected chi connectivity index (χ4v) is 3.17. The van der Waals surface area contributed by atoms with E-state index in [9.17, 15) is 0 Å². The molecule has 0 radical (unpaired) electrons. The molecule has 1 aromatic heterocycles. The Balaban J connectivity index is 2.65.